The van der Waals surface area contributed by atoms with Crippen LogP contribution in [0.4, 0.5) is 0 Å². The van der Waals surface area contributed by atoms with Gasteiger partial charge < -0.3 is 14.6 Å². The van der Waals surface area contributed by atoms with E-state index in [0.717, 1.165) is 19.3 Å². The SMILES string of the molecule is C=CC1CC[C@@H]2C(=O)[C@]3(C[C@H](O)C(C)CO3)O[C@@H]2C1. The Labute approximate surface area is 113 Å². The Morgan fingerprint density at radius 1 is 1.47 bits per heavy atom. The molecule has 0 bridgehead atoms. The molecule has 1 spiro atoms. The second kappa shape index (κ2) is 4.69. The number of rotatable bonds is 1. The van der Waals surface area contributed by atoms with E-state index in [9.17, 15) is 9.90 Å². The summed E-state index contributed by atoms with van der Waals surface area (Å²) in [6.07, 6.45) is 4.33. The number of ketones is 1. The van der Waals surface area contributed by atoms with Crippen molar-refractivity contribution >= 4 is 5.78 Å². The Kier molecular flexibility index (Phi) is 3.28. The Hall–Kier alpha value is -0.710. The Balaban J connectivity index is 1.78. The molecule has 1 saturated carbocycles. The fraction of sp³-hybridized carbons (Fsp3) is 0.800. The average molecular weight is 266 g/mol. The van der Waals surface area contributed by atoms with E-state index < -0.39 is 11.9 Å². The third-order valence-corrected chi connectivity index (χ3v) is 4.93. The van der Waals surface area contributed by atoms with E-state index in [1.54, 1.807) is 0 Å². The van der Waals surface area contributed by atoms with Crippen LogP contribution in [0.5, 0.6) is 0 Å². The smallest absolute Gasteiger partial charge is 0.232 e. The van der Waals surface area contributed by atoms with Gasteiger partial charge in [0.15, 0.2) is 5.78 Å². The molecule has 0 aromatic carbocycles. The van der Waals surface area contributed by atoms with Crippen LogP contribution in [-0.4, -0.2) is 35.5 Å². The third-order valence-electron chi connectivity index (χ3n) is 4.93. The number of Topliss-reactive ketones (excluding diaryl/α,β-unsaturated/α-hetero) is 1. The van der Waals surface area contributed by atoms with Gasteiger partial charge in [-0.1, -0.05) is 13.0 Å². The molecule has 0 radical (unpaired) electrons. The summed E-state index contributed by atoms with van der Waals surface area (Å²) in [4.78, 5) is 12.6. The lowest BCUT2D eigenvalue weighted by Crippen LogP contribution is -2.50. The zero-order valence-corrected chi connectivity index (χ0v) is 11.4. The normalized spacial score (nSPS) is 50.2. The Morgan fingerprint density at radius 2 is 2.26 bits per heavy atom. The van der Waals surface area contributed by atoms with Gasteiger partial charge in [0, 0.05) is 18.3 Å². The molecule has 3 fully saturated rings. The van der Waals surface area contributed by atoms with Gasteiger partial charge in [0.25, 0.3) is 0 Å². The van der Waals surface area contributed by atoms with E-state index in [4.69, 9.17) is 9.47 Å². The van der Waals surface area contributed by atoms with Crippen LogP contribution in [0, 0.1) is 17.8 Å². The molecule has 4 heteroatoms. The molecule has 0 aromatic rings. The highest BCUT2D eigenvalue weighted by Gasteiger charge is 2.59. The van der Waals surface area contributed by atoms with Crippen molar-refractivity contribution in [2.24, 2.45) is 17.8 Å². The first kappa shape index (κ1) is 13.3. The minimum atomic E-state index is -1.17. The van der Waals surface area contributed by atoms with E-state index in [0.29, 0.717) is 12.5 Å². The summed E-state index contributed by atoms with van der Waals surface area (Å²) in [6.45, 7) is 6.15. The molecular formula is C15H22O4. The lowest BCUT2D eigenvalue weighted by Gasteiger charge is -2.37. The number of fused-ring (bicyclic) bond motifs is 1. The number of ether oxygens (including phenoxy) is 2. The van der Waals surface area contributed by atoms with Crippen LogP contribution in [0.2, 0.25) is 0 Å². The highest BCUT2D eigenvalue weighted by atomic mass is 16.7. The molecule has 106 valence electrons. The fourth-order valence-corrected chi connectivity index (χ4v) is 3.56. The predicted molar refractivity (Wildman–Crippen MR) is 69.4 cm³/mol. The van der Waals surface area contributed by atoms with E-state index in [-0.39, 0.29) is 30.1 Å². The molecule has 19 heavy (non-hydrogen) atoms. The Bertz CT molecular complexity index is 394. The van der Waals surface area contributed by atoms with Crippen LogP contribution < -0.4 is 0 Å². The Morgan fingerprint density at radius 3 is 2.95 bits per heavy atom. The van der Waals surface area contributed by atoms with Crippen molar-refractivity contribution < 1.29 is 19.4 Å². The van der Waals surface area contributed by atoms with E-state index >= 15 is 0 Å². The highest BCUT2D eigenvalue weighted by molar-refractivity contribution is 5.90. The molecule has 3 aliphatic rings. The molecule has 6 atom stereocenters. The van der Waals surface area contributed by atoms with Crippen LogP contribution >= 0.6 is 0 Å². The monoisotopic (exact) mass is 266 g/mol. The summed E-state index contributed by atoms with van der Waals surface area (Å²) in [7, 11) is 0. The fourth-order valence-electron chi connectivity index (χ4n) is 3.56. The van der Waals surface area contributed by atoms with Crippen molar-refractivity contribution in [1.29, 1.82) is 0 Å². The number of aliphatic hydroxyl groups is 1. The molecular weight excluding hydrogens is 244 g/mol. The summed E-state index contributed by atoms with van der Waals surface area (Å²) >= 11 is 0. The zero-order chi connectivity index (χ0) is 13.6. The molecule has 3 rings (SSSR count). The minimum Gasteiger partial charge on any atom is -0.393 e. The molecule has 2 heterocycles. The van der Waals surface area contributed by atoms with E-state index in [2.05, 4.69) is 6.58 Å². The van der Waals surface area contributed by atoms with Crippen molar-refractivity contribution in [1.82, 2.24) is 0 Å². The first-order valence-electron chi connectivity index (χ1n) is 7.22. The molecule has 0 amide bonds. The maximum absolute atomic E-state index is 12.6. The molecule has 2 aliphatic heterocycles. The van der Waals surface area contributed by atoms with Crippen LogP contribution in [0.15, 0.2) is 12.7 Å². The maximum atomic E-state index is 12.6. The van der Waals surface area contributed by atoms with Crippen LogP contribution in [0.25, 0.3) is 0 Å². The second-order valence-electron chi connectivity index (χ2n) is 6.25. The van der Waals surface area contributed by atoms with Gasteiger partial charge in [-0.3, -0.25) is 4.79 Å². The summed E-state index contributed by atoms with van der Waals surface area (Å²) in [6, 6.07) is 0. The average Bonchev–Trinajstić information content (AvgIpc) is 2.67. The molecule has 1 N–H and O–H groups in total. The van der Waals surface area contributed by atoms with E-state index in [1.807, 2.05) is 13.0 Å². The molecule has 2 unspecified atom stereocenters. The number of carbonyl (C=O) groups excluding carboxylic acids is 1. The lowest BCUT2D eigenvalue weighted by molar-refractivity contribution is -0.262. The summed E-state index contributed by atoms with van der Waals surface area (Å²) < 4.78 is 11.7. The summed E-state index contributed by atoms with van der Waals surface area (Å²) in [5, 5.41) is 10.0. The van der Waals surface area contributed by atoms with Gasteiger partial charge in [-0.15, -0.1) is 6.58 Å². The van der Waals surface area contributed by atoms with Crippen molar-refractivity contribution in [3.63, 3.8) is 0 Å². The quantitative estimate of drug-likeness (QED) is 0.734. The first-order chi connectivity index (χ1) is 9.05. The first-order valence-corrected chi connectivity index (χ1v) is 7.22. The van der Waals surface area contributed by atoms with Crippen molar-refractivity contribution in [2.45, 2.75) is 50.6 Å². The van der Waals surface area contributed by atoms with Gasteiger partial charge in [-0.25, -0.2) is 0 Å². The van der Waals surface area contributed by atoms with E-state index in [1.165, 1.54) is 0 Å². The van der Waals surface area contributed by atoms with Gasteiger partial charge in [-0.2, -0.15) is 0 Å². The maximum Gasteiger partial charge on any atom is 0.232 e. The molecule has 1 aliphatic carbocycles. The summed E-state index contributed by atoms with van der Waals surface area (Å²) in [5.74, 6) is -0.692. The number of aliphatic hydroxyl groups excluding tert-OH is 1. The lowest BCUT2D eigenvalue weighted by atomic mass is 9.77. The number of hydrogen-bond acceptors (Lipinski definition) is 4. The van der Waals surface area contributed by atoms with Gasteiger partial charge in [-0.05, 0) is 25.2 Å². The van der Waals surface area contributed by atoms with Crippen LogP contribution in [0.3, 0.4) is 0 Å². The molecule has 2 saturated heterocycles. The number of allylic oxidation sites excluding steroid dienone is 1. The van der Waals surface area contributed by atoms with Crippen molar-refractivity contribution in [3.8, 4) is 0 Å². The third kappa shape index (κ3) is 2.06. The zero-order valence-electron chi connectivity index (χ0n) is 11.4. The predicted octanol–water partition coefficient (Wildman–Crippen LogP) is 1.67. The minimum absolute atomic E-state index is 0.0472. The highest BCUT2D eigenvalue weighted by Crippen LogP contribution is 2.46. The van der Waals surface area contributed by atoms with Gasteiger partial charge in [0.05, 0.1) is 18.8 Å². The van der Waals surface area contributed by atoms with Crippen LogP contribution in [-0.2, 0) is 14.3 Å². The van der Waals surface area contributed by atoms with Gasteiger partial charge in [0.2, 0.25) is 5.79 Å². The van der Waals surface area contributed by atoms with Crippen LogP contribution in [0.1, 0.15) is 32.6 Å². The number of hydrogen-bond donors (Lipinski definition) is 1. The topological polar surface area (TPSA) is 55.8 Å². The van der Waals surface area contributed by atoms with Gasteiger partial charge >= 0.3 is 0 Å². The van der Waals surface area contributed by atoms with Crippen molar-refractivity contribution in [3.05, 3.63) is 12.7 Å². The largest absolute Gasteiger partial charge is 0.393 e. The van der Waals surface area contributed by atoms with Crippen molar-refractivity contribution in [2.75, 3.05) is 6.61 Å². The standard InChI is InChI=1S/C15H22O4/c1-3-10-4-5-11-13(6-10)19-15(14(11)17)7-12(16)9(2)8-18-15/h3,9-13,16H,1,4-8H2,2H3/t9?,10?,11-,12-,13+,15-/m0/s1. The molecule has 0 aromatic heterocycles. The summed E-state index contributed by atoms with van der Waals surface area (Å²) in [5.41, 5.74) is 0. The van der Waals surface area contributed by atoms with Gasteiger partial charge in [0.1, 0.15) is 0 Å². The second-order valence-corrected chi connectivity index (χ2v) is 6.25. The number of carbonyl (C=O) groups is 1. The molecule has 4 nitrogen and oxygen atoms in total.